The predicted molar refractivity (Wildman–Crippen MR) is 95.4 cm³/mol. The number of nitrogens with one attached hydrogen (secondary N) is 1. The Bertz CT molecular complexity index is 699. The molecular formula is C18H26N2O3S. The lowest BCUT2D eigenvalue weighted by atomic mass is 9.95. The van der Waals surface area contributed by atoms with Crippen molar-refractivity contribution in [1.29, 1.82) is 0 Å². The van der Waals surface area contributed by atoms with Crippen LogP contribution in [0, 0.1) is 11.8 Å². The lowest BCUT2D eigenvalue weighted by Gasteiger charge is -2.26. The van der Waals surface area contributed by atoms with Crippen LogP contribution in [0.1, 0.15) is 38.2 Å². The Kier molecular flexibility index (Phi) is 4.85. The summed E-state index contributed by atoms with van der Waals surface area (Å²) >= 11 is 0. The Balaban J connectivity index is 1.68. The van der Waals surface area contributed by atoms with Crippen molar-refractivity contribution < 1.29 is 13.2 Å². The van der Waals surface area contributed by atoms with E-state index in [1.165, 1.54) is 23.6 Å². The van der Waals surface area contributed by atoms with Crippen LogP contribution in [0.15, 0.2) is 24.3 Å². The molecule has 132 valence electrons. The van der Waals surface area contributed by atoms with Gasteiger partial charge in [0.25, 0.3) is 0 Å². The molecule has 5 nitrogen and oxygen atoms in total. The van der Waals surface area contributed by atoms with E-state index in [-0.39, 0.29) is 18.5 Å². The highest BCUT2D eigenvalue weighted by Gasteiger charge is 2.40. The zero-order valence-electron chi connectivity index (χ0n) is 14.4. The lowest BCUT2D eigenvalue weighted by Crippen LogP contribution is -2.45. The third kappa shape index (κ3) is 3.74. The van der Waals surface area contributed by atoms with Gasteiger partial charge >= 0.3 is 0 Å². The standard InChI is InChI=1S/C18H26N2O3S/c1-3-13-5-8-16(9-6-13)20(24(2,22)23)12-18(21)19-17-11-14-4-7-15(17)10-14/h5-6,8-9,14-15,17H,3-4,7,10-12H2,1-2H3,(H,19,21)/t14-,15-,17-/m1/s1. The first-order valence-electron chi connectivity index (χ1n) is 8.73. The van der Waals surface area contributed by atoms with Gasteiger partial charge in [-0.05, 0) is 55.2 Å². The van der Waals surface area contributed by atoms with Gasteiger partial charge in [-0.25, -0.2) is 8.42 Å². The third-order valence-corrected chi connectivity index (χ3v) is 6.55. The van der Waals surface area contributed by atoms with Crippen LogP contribution in [0.2, 0.25) is 0 Å². The maximum Gasteiger partial charge on any atom is 0.241 e. The molecule has 0 saturated heterocycles. The second-order valence-electron chi connectivity index (χ2n) is 7.14. The van der Waals surface area contributed by atoms with Crippen molar-refractivity contribution in [2.24, 2.45) is 11.8 Å². The van der Waals surface area contributed by atoms with Gasteiger partial charge in [-0.1, -0.05) is 25.5 Å². The summed E-state index contributed by atoms with van der Waals surface area (Å²) in [6, 6.07) is 7.57. The Morgan fingerprint density at radius 2 is 1.92 bits per heavy atom. The van der Waals surface area contributed by atoms with Crippen LogP contribution in [-0.2, 0) is 21.2 Å². The molecule has 0 aromatic heterocycles. The molecule has 0 spiro atoms. The molecule has 3 atom stereocenters. The van der Waals surface area contributed by atoms with E-state index in [2.05, 4.69) is 5.32 Å². The second kappa shape index (κ2) is 6.75. The van der Waals surface area contributed by atoms with E-state index >= 15 is 0 Å². The Labute approximate surface area is 144 Å². The van der Waals surface area contributed by atoms with Crippen LogP contribution in [-0.4, -0.2) is 33.2 Å². The number of amides is 1. The molecule has 24 heavy (non-hydrogen) atoms. The second-order valence-corrected chi connectivity index (χ2v) is 9.05. The topological polar surface area (TPSA) is 66.5 Å². The largest absolute Gasteiger partial charge is 0.352 e. The molecule has 0 aliphatic heterocycles. The van der Waals surface area contributed by atoms with Gasteiger partial charge in [-0.15, -0.1) is 0 Å². The number of carbonyl (C=O) groups excluding carboxylic acids is 1. The van der Waals surface area contributed by atoms with Crippen molar-refractivity contribution in [3.63, 3.8) is 0 Å². The molecular weight excluding hydrogens is 324 g/mol. The number of anilines is 1. The van der Waals surface area contributed by atoms with Crippen molar-refractivity contribution in [2.75, 3.05) is 17.1 Å². The Morgan fingerprint density at radius 1 is 1.21 bits per heavy atom. The van der Waals surface area contributed by atoms with E-state index in [0.717, 1.165) is 30.6 Å². The quantitative estimate of drug-likeness (QED) is 0.856. The maximum atomic E-state index is 12.4. The smallest absolute Gasteiger partial charge is 0.241 e. The lowest BCUT2D eigenvalue weighted by molar-refractivity contribution is -0.120. The molecule has 1 aromatic carbocycles. The Morgan fingerprint density at radius 3 is 2.42 bits per heavy atom. The predicted octanol–water partition coefficient (Wildman–Crippen LogP) is 2.32. The summed E-state index contributed by atoms with van der Waals surface area (Å²) in [6.45, 7) is 1.89. The SMILES string of the molecule is CCc1ccc(N(CC(=O)N[C@@H]2C[C@@H]3CC[C@@H]2C3)S(C)(=O)=O)cc1. The first kappa shape index (κ1) is 17.3. The summed E-state index contributed by atoms with van der Waals surface area (Å²) in [5, 5.41) is 3.06. The molecule has 0 unspecified atom stereocenters. The molecule has 1 N–H and O–H groups in total. The van der Waals surface area contributed by atoms with Gasteiger partial charge in [0.2, 0.25) is 15.9 Å². The van der Waals surface area contributed by atoms with Crippen LogP contribution in [0.4, 0.5) is 5.69 Å². The average molecular weight is 350 g/mol. The van der Waals surface area contributed by atoms with Crippen molar-refractivity contribution in [3.05, 3.63) is 29.8 Å². The highest BCUT2D eigenvalue weighted by molar-refractivity contribution is 7.92. The van der Waals surface area contributed by atoms with Crippen LogP contribution >= 0.6 is 0 Å². The first-order valence-corrected chi connectivity index (χ1v) is 10.6. The van der Waals surface area contributed by atoms with Crippen LogP contribution in [0.5, 0.6) is 0 Å². The van der Waals surface area contributed by atoms with Gasteiger partial charge < -0.3 is 5.32 Å². The highest BCUT2D eigenvalue weighted by Crippen LogP contribution is 2.44. The normalized spacial score (nSPS) is 25.7. The van der Waals surface area contributed by atoms with Gasteiger partial charge in [-0.2, -0.15) is 0 Å². The van der Waals surface area contributed by atoms with Gasteiger partial charge in [0.15, 0.2) is 0 Å². The summed E-state index contributed by atoms with van der Waals surface area (Å²) in [5.41, 5.74) is 1.68. The van der Waals surface area contributed by atoms with Crippen LogP contribution in [0.25, 0.3) is 0 Å². The number of aryl methyl sites for hydroxylation is 1. The Hall–Kier alpha value is -1.56. The van der Waals surface area contributed by atoms with Crippen LogP contribution in [0.3, 0.4) is 0 Å². The molecule has 6 heteroatoms. The van der Waals surface area contributed by atoms with Gasteiger partial charge in [-0.3, -0.25) is 9.10 Å². The minimum atomic E-state index is -3.50. The average Bonchev–Trinajstić information content (AvgIpc) is 3.14. The molecule has 1 aromatic rings. The minimum Gasteiger partial charge on any atom is -0.352 e. The zero-order valence-corrected chi connectivity index (χ0v) is 15.2. The molecule has 2 aliphatic carbocycles. The fourth-order valence-corrected chi connectivity index (χ4v) is 4.96. The number of benzene rings is 1. The van der Waals surface area contributed by atoms with E-state index in [1.54, 1.807) is 12.1 Å². The van der Waals surface area contributed by atoms with Crippen LogP contribution < -0.4 is 9.62 Å². The molecule has 2 bridgehead atoms. The first-order chi connectivity index (χ1) is 11.4. The van der Waals surface area contributed by atoms with E-state index in [4.69, 9.17) is 0 Å². The number of nitrogens with zero attached hydrogens (tertiary/aromatic N) is 1. The molecule has 1 amide bonds. The third-order valence-electron chi connectivity index (χ3n) is 5.40. The number of hydrogen-bond donors (Lipinski definition) is 1. The zero-order chi connectivity index (χ0) is 17.3. The number of fused-ring (bicyclic) bond motifs is 2. The van der Waals surface area contributed by atoms with Crippen molar-refractivity contribution in [2.45, 2.75) is 45.1 Å². The van der Waals surface area contributed by atoms with Crippen molar-refractivity contribution in [3.8, 4) is 0 Å². The van der Waals surface area contributed by atoms with Crippen molar-refractivity contribution in [1.82, 2.24) is 5.32 Å². The molecule has 0 radical (unpaired) electrons. The van der Waals surface area contributed by atoms with Crippen molar-refractivity contribution >= 4 is 21.6 Å². The minimum absolute atomic E-state index is 0.155. The molecule has 2 saturated carbocycles. The molecule has 2 fully saturated rings. The summed E-state index contributed by atoms with van der Waals surface area (Å²) in [7, 11) is -3.50. The summed E-state index contributed by atoms with van der Waals surface area (Å²) in [4.78, 5) is 12.4. The van der Waals surface area contributed by atoms with E-state index < -0.39 is 10.0 Å². The summed E-state index contributed by atoms with van der Waals surface area (Å²) in [5.74, 6) is 1.11. The van der Waals surface area contributed by atoms with E-state index in [0.29, 0.717) is 11.6 Å². The van der Waals surface area contributed by atoms with E-state index in [9.17, 15) is 13.2 Å². The summed E-state index contributed by atoms with van der Waals surface area (Å²) < 4.78 is 25.5. The number of rotatable bonds is 6. The number of hydrogen-bond acceptors (Lipinski definition) is 3. The monoisotopic (exact) mass is 350 g/mol. The summed E-state index contributed by atoms with van der Waals surface area (Å²) in [6.07, 6.45) is 6.75. The molecule has 3 rings (SSSR count). The highest BCUT2D eigenvalue weighted by atomic mass is 32.2. The maximum absolute atomic E-state index is 12.4. The van der Waals surface area contributed by atoms with Gasteiger partial charge in [0, 0.05) is 6.04 Å². The number of sulfonamides is 1. The fourth-order valence-electron chi connectivity index (χ4n) is 4.10. The van der Waals surface area contributed by atoms with Gasteiger partial charge in [0.05, 0.1) is 11.9 Å². The molecule has 0 heterocycles. The van der Waals surface area contributed by atoms with E-state index in [1.807, 2.05) is 19.1 Å². The van der Waals surface area contributed by atoms with Gasteiger partial charge in [0.1, 0.15) is 6.54 Å². The fraction of sp³-hybridized carbons (Fsp3) is 0.611. The molecule has 2 aliphatic rings. The number of carbonyl (C=O) groups is 1.